The minimum absolute atomic E-state index is 0.385. The van der Waals surface area contributed by atoms with E-state index in [1.54, 1.807) is 24.2 Å². The lowest BCUT2D eigenvalue weighted by molar-refractivity contribution is 0.393. The minimum Gasteiger partial charge on any atom is -0.481 e. The summed E-state index contributed by atoms with van der Waals surface area (Å²) in [6, 6.07) is 5.90. The van der Waals surface area contributed by atoms with Crippen molar-refractivity contribution in [2.75, 3.05) is 12.4 Å². The molecule has 0 aliphatic rings. The van der Waals surface area contributed by atoms with Crippen LogP contribution in [-0.2, 0) is 13.1 Å². The molecule has 0 radical (unpaired) electrons. The summed E-state index contributed by atoms with van der Waals surface area (Å²) in [4.78, 5) is 12.7. The van der Waals surface area contributed by atoms with Crippen LogP contribution in [0.1, 0.15) is 12.0 Å². The predicted molar refractivity (Wildman–Crippen MR) is 83.7 cm³/mol. The van der Waals surface area contributed by atoms with Crippen molar-refractivity contribution in [2.24, 2.45) is 0 Å². The first-order valence-electron chi connectivity index (χ1n) is 7.08. The van der Waals surface area contributed by atoms with Crippen molar-refractivity contribution >= 4 is 16.9 Å². The van der Waals surface area contributed by atoms with Crippen LogP contribution in [0.25, 0.3) is 11.0 Å². The number of aromatic nitrogens is 5. The van der Waals surface area contributed by atoms with Gasteiger partial charge in [-0.05, 0) is 6.07 Å². The van der Waals surface area contributed by atoms with Gasteiger partial charge >= 0.3 is 0 Å². The summed E-state index contributed by atoms with van der Waals surface area (Å²) in [5.41, 5.74) is 1.63. The Labute approximate surface area is 132 Å². The van der Waals surface area contributed by atoms with Crippen LogP contribution in [0.4, 0.5) is 5.82 Å². The molecule has 0 saturated carbocycles. The third kappa shape index (κ3) is 3.03. The topological polar surface area (TPSA) is 102 Å². The Hall–Kier alpha value is -3.21. The molecule has 0 atom stereocenters. The molecule has 3 aromatic rings. The van der Waals surface area contributed by atoms with Crippen LogP contribution < -0.4 is 10.1 Å². The van der Waals surface area contributed by atoms with E-state index in [9.17, 15) is 0 Å². The third-order valence-electron chi connectivity index (χ3n) is 3.36. The lowest BCUT2D eigenvalue weighted by atomic mass is 10.2. The maximum atomic E-state index is 8.70. The summed E-state index contributed by atoms with van der Waals surface area (Å²) in [5.74, 6) is 1.26. The molecule has 8 nitrogen and oxygen atoms in total. The first-order valence-corrected chi connectivity index (χ1v) is 7.08. The maximum absolute atomic E-state index is 8.70. The molecule has 3 heterocycles. The van der Waals surface area contributed by atoms with E-state index in [4.69, 9.17) is 10.00 Å². The fraction of sp³-hybridized carbons (Fsp3) is 0.267. The number of aryl methyl sites for hydroxylation is 1. The van der Waals surface area contributed by atoms with E-state index in [1.807, 2.05) is 12.1 Å². The summed E-state index contributed by atoms with van der Waals surface area (Å²) < 4.78 is 6.94. The maximum Gasteiger partial charge on any atom is 0.218 e. The van der Waals surface area contributed by atoms with E-state index >= 15 is 0 Å². The van der Waals surface area contributed by atoms with Crippen molar-refractivity contribution in [1.82, 2.24) is 24.7 Å². The molecule has 0 spiro atoms. The molecule has 0 fully saturated rings. The molecule has 0 aliphatic heterocycles. The molecule has 116 valence electrons. The van der Waals surface area contributed by atoms with E-state index in [1.165, 1.54) is 6.33 Å². The average Bonchev–Trinajstić information content (AvgIpc) is 3.02. The van der Waals surface area contributed by atoms with Crippen LogP contribution in [0.3, 0.4) is 0 Å². The molecule has 0 bridgehead atoms. The van der Waals surface area contributed by atoms with Crippen LogP contribution >= 0.6 is 0 Å². The van der Waals surface area contributed by atoms with Crippen molar-refractivity contribution in [2.45, 2.75) is 19.5 Å². The molecule has 8 heteroatoms. The van der Waals surface area contributed by atoms with Crippen LogP contribution in [0.2, 0.25) is 0 Å². The molecular formula is C15H15N7O. The van der Waals surface area contributed by atoms with Gasteiger partial charge in [0.15, 0.2) is 5.65 Å². The Kier molecular flexibility index (Phi) is 4.29. The molecule has 0 amide bonds. The second-order valence-electron chi connectivity index (χ2n) is 4.76. The van der Waals surface area contributed by atoms with Crippen molar-refractivity contribution in [3.8, 4) is 11.9 Å². The molecule has 0 saturated heterocycles. The second kappa shape index (κ2) is 6.70. The van der Waals surface area contributed by atoms with Gasteiger partial charge in [0.25, 0.3) is 0 Å². The summed E-state index contributed by atoms with van der Waals surface area (Å²) in [5, 5.41) is 17.0. The Balaban J connectivity index is 1.83. The smallest absolute Gasteiger partial charge is 0.218 e. The van der Waals surface area contributed by atoms with E-state index in [2.05, 4.69) is 31.4 Å². The van der Waals surface area contributed by atoms with E-state index in [-0.39, 0.29) is 0 Å². The zero-order valence-electron chi connectivity index (χ0n) is 12.6. The van der Waals surface area contributed by atoms with Crippen molar-refractivity contribution in [1.29, 1.82) is 5.26 Å². The van der Waals surface area contributed by atoms with Gasteiger partial charge in [-0.25, -0.2) is 19.6 Å². The van der Waals surface area contributed by atoms with Gasteiger partial charge < -0.3 is 10.1 Å². The van der Waals surface area contributed by atoms with Gasteiger partial charge in [-0.2, -0.15) is 10.4 Å². The lowest BCUT2D eigenvalue weighted by Crippen LogP contribution is -2.05. The Morgan fingerprint density at radius 1 is 1.35 bits per heavy atom. The monoisotopic (exact) mass is 309 g/mol. The zero-order valence-corrected chi connectivity index (χ0v) is 12.6. The van der Waals surface area contributed by atoms with Gasteiger partial charge in [-0.15, -0.1) is 0 Å². The van der Waals surface area contributed by atoms with Gasteiger partial charge in [0, 0.05) is 18.3 Å². The van der Waals surface area contributed by atoms with Gasteiger partial charge in [0.2, 0.25) is 5.88 Å². The van der Waals surface area contributed by atoms with Crippen LogP contribution in [0.15, 0.2) is 30.9 Å². The summed E-state index contributed by atoms with van der Waals surface area (Å²) in [7, 11) is 1.59. The Bertz CT molecular complexity index is 852. The molecule has 3 rings (SSSR count). The van der Waals surface area contributed by atoms with Crippen molar-refractivity contribution < 1.29 is 4.74 Å². The standard InChI is InChI=1S/C15H15N7O/c1-23-15-11(4-2-6-17-15)8-18-13-12-9-21-22(7-3-5-16)14(12)20-10-19-13/h2,4,6,9-10H,3,7-8H2,1H3,(H,18,19,20). The summed E-state index contributed by atoms with van der Waals surface area (Å²) in [6.45, 7) is 1.03. The molecular weight excluding hydrogens is 294 g/mol. The predicted octanol–water partition coefficient (Wildman–Crippen LogP) is 1.76. The number of ether oxygens (including phenoxy) is 1. The Morgan fingerprint density at radius 3 is 3.09 bits per heavy atom. The number of nitriles is 1. The highest BCUT2D eigenvalue weighted by Crippen LogP contribution is 2.21. The summed E-state index contributed by atoms with van der Waals surface area (Å²) in [6.07, 6.45) is 5.26. The number of methoxy groups -OCH3 is 1. The number of anilines is 1. The number of nitrogens with zero attached hydrogens (tertiary/aromatic N) is 6. The number of hydrogen-bond donors (Lipinski definition) is 1. The fourth-order valence-electron chi connectivity index (χ4n) is 2.27. The van der Waals surface area contributed by atoms with Crippen LogP contribution in [-0.4, -0.2) is 31.8 Å². The van der Waals surface area contributed by atoms with E-state index in [0.717, 1.165) is 10.9 Å². The van der Waals surface area contributed by atoms with Gasteiger partial charge in [0.05, 0.1) is 37.7 Å². The molecule has 3 aromatic heterocycles. The van der Waals surface area contributed by atoms with Gasteiger partial charge in [-0.3, -0.25) is 0 Å². The molecule has 0 unspecified atom stereocenters. The highest BCUT2D eigenvalue weighted by atomic mass is 16.5. The highest BCUT2D eigenvalue weighted by Gasteiger charge is 2.10. The molecule has 0 aliphatic carbocycles. The molecule has 23 heavy (non-hydrogen) atoms. The van der Waals surface area contributed by atoms with Crippen LogP contribution in [0, 0.1) is 11.3 Å². The van der Waals surface area contributed by atoms with E-state index < -0.39 is 0 Å². The first-order chi connectivity index (χ1) is 11.3. The number of nitrogens with one attached hydrogen (secondary N) is 1. The lowest BCUT2D eigenvalue weighted by Gasteiger charge is -2.09. The number of fused-ring (bicyclic) bond motifs is 1. The molecule has 0 aromatic carbocycles. The second-order valence-corrected chi connectivity index (χ2v) is 4.76. The average molecular weight is 309 g/mol. The fourth-order valence-corrected chi connectivity index (χ4v) is 2.27. The largest absolute Gasteiger partial charge is 0.481 e. The van der Waals surface area contributed by atoms with Crippen molar-refractivity contribution in [3.63, 3.8) is 0 Å². The summed E-state index contributed by atoms with van der Waals surface area (Å²) >= 11 is 0. The van der Waals surface area contributed by atoms with Gasteiger partial charge in [0.1, 0.15) is 12.1 Å². The third-order valence-corrected chi connectivity index (χ3v) is 3.36. The van der Waals surface area contributed by atoms with Crippen molar-refractivity contribution in [3.05, 3.63) is 36.4 Å². The highest BCUT2D eigenvalue weighted by molar-refractivity contribution is 5.86. The SMILES string of the molecule is COc1ncccc1CNc1ncnc2c1cnn2CCC#N. The normalized spacial score (nSPS) is 10.4. The zero-order chi connectivity index (χ0) is 16.1. The Morgan fingerprint density at radius 2 is 2.26 bits per heavy atom. The first kappa shape index (κ1) is 14.7. The van der Waals surface area contributed by atoms with Crippen LogP contribution in [0.5, 0.6) is 5.88 Å². The number of pyridine rings is 1. The van der Waals surface area contributed by atoms with E-state index in [0.29, 0.717) is 36.9 Å². The minimum atomic E-state index is 0.385. The number of hydrogen-bond acceptors (Lipinski definition) is 7. The quantitative estimate of drug-likeness (QED) is 0.740. The molecule has 1 N–H and O–H groups in total. The number of rotatable bonds is 6. The van der Waals surface area contributed by atoms with Gasteiger partial charge in [-0.1, -0.05) is 6.07 Å².